The van der Waals surface area contributed by atoms with Gasteiger partial charge < -0.3 is 63.7 Å². The molecular weight excluding hydrogens is 859 g/mol. The molecule has 0 unspecified atom stereocenters. The Balaban J connectivity index is 1.75. The Morgan fingerprint density at radius 2 is 1.26 bits per heavy atom. The van der Waals surface area contributed by atoms with Gasteiger partial charge in [0.05, 0.1) is 25.6 Å². The summed E-state index contributed by atoms with van der Waals surface area (Å²) in [5, 5.41) is 28.1. The van der Waals surface area contributed by atoms with Crippen LogP contribution in [0.3, 0.4) is 0 Å². The molecular formula is C44H67N11O11. The van der Waals surface area contributed by atoms with Crippen molar-refractivity contribution in [3.05, 3.63) is 36.0 Å². The van der Waals surface area contributed by atoms with Crippen LogP contribution < -0.4 is 48.7 Å². The molecule has 2 heterocycles. The number of carboxylic acid groups (broad SMARTS) is 1. The van der Waals surface area contributed by atoms with Gasteiger partial charge in [0.1, 0.15) is 36.3 Å². The molecule has 22 heteroatoms. The minimum Gasteiger partial charge on any atom is -0.480 e. The van der Waals surface area contributed by atoms with Crippen LogP contribution in [0.4, 0.5) is 0 Å². The van der Waals surface area contributed by atoms with Gasteiger partial charge in [-0.3, -0.25) is 43.2 Å². The zero-order chi connectivity index (χ0) is 49.4. The van der Waals surface area contributed by atoms with E-state index in [1.54, 1.807) is 33.9 Å². The molecule has 3 rings (SSSR count). The number of hydrogen-bond acceptors (Lipinski definition) is 11. The number of likely N-dealkylation sites (tertiary alicyclic amines) is 1. The van der Waals surface area contributed by atoms with Crippen LogP contribution in [-0.2, 0) is 54.4 Å². The number of hydrogen-bond donors (Lipinski definition) is 11. The average molecular weight is 926 g/mol. The maximum absolute atomic E-state index is 14.2. The van der Waals surface area contributed by atoms with Crippen LogP contribution in [0.25, 0.3) is 10.9 Å². The number of fused-ring (bicyclic) bond motifs is 1. The zero-order valence-electron chi connectivity index (χ0n) is 38.7. The summed E-state index contributed by atoms with van der Waals surface area (Å²) in [7, 11) is 0. The maximum atomic E-state index is 14.2. The molecule has 364 valence electrons. The van der Waals surface area contributed by atoms with Crippen molar-refractivity contribution >= 4 is 70.0 Å². The van der Waals surface area contributed by atoms with E-state index in [4.69, 9.17) is 11.5 Å². The second kappa shape index (κ2) is 25.2. The van der Waals surface area contributed by atoms with E-state index in [9.17, 15) is 53.1 Å². The van der Waals surface area contributed by atoms with Crippen LogP contribution in [0.1, 0.15) is 86.1 Å². The van der Waals surface area contributed by atoms with Gasteiger partial charge in [-0.25, -0.2) is 4.79 Å². The number of benzene rings is 1. The van der Waals surface area contributed by atoms with Crippen molar-refractivity contribution in [2.24, 2.45) is 29.2 Å². The normalized spacial score (nSPS) is 16.3. The number of carbonyl (C=O) groups is 10. The molecule has 2 aromatic rings. The van der Waals surface area contributed by atoms with Gasteiger partial charge in [-0.05, 0) is 62.0 Å². The first-order valence-electron chi connectivity index (χ1n) is 22.2. The SMILES string of the molecule is CC(C)C[C@H](NC(=O)[C@H](CC(C)C)NC(=O)[C@H](Cc1c[nH]c2ccccc12)NC(=O)CNC(=O)[C@H](C)NC(=O)[C@@H](N)C(C)C)C(=O)NCC(=O)N[C@@H](CC(N)=O)C(=O)N1CCC[C@H]1C(=O)O. The standard InChI is InChI=1S/C44H67N11O11/c1-22(2)15-29(39(60)49-21-36(58)52-32(18-34(45)56)43(64)55-14-10-13-33(55)44(65)66)53-40(61)30(16-23(3)4)54-41(62)31(17-26-19-47-28-12-9-8-11-27(26)28)51-35(57)20-48-38(59)25(7)50-42(63)37(46)24(5)6/h8-9,11-12,19,22-25,29-33,37,47H,10,13-18,20-21,46H2,1-7H3,(H2,45,56)(H,48,59)(H,49,60)(H,50,63)(H,51,57)(H,52,58)(H,53,61)(H,54,62)(H,65,66)/t25-,29-,30-,31-,32-,33-,37-/m0/s1. The van der Waals surface area contributed by atoms with Crippen LogP contribution in [0.2, 0.25) is 0 Å². The van der Waals surface area contributed by atoms with E-state index in [0.717, 1.165) is 15.8 Å². The lowest BCUT2D eigenvalue weighted by molar-refractivity contribution is -0.149. The Labute approximate surface area is 383 Å². The minimum absolute atomic E-state index is 0.0321. The molecule has 13 N–H and O–H groups in total. The number of primary amides is 1. The fourth-order valence-corrected chi connectivity index (χ4v) is 7.35. The average Bonchev–Trinajstić information content (AvgIpc) is 3.90. The molecule has 0 bridgehead atoms. The van der Waals surface area contributed by atoms with E-state index in [0.29, 0.717) is 12.0 Å². The Kier molecular flexibility index (Phi) is 20.5. The third kappa shape index (κ3) is 16.4. The number of carboxylic acids is 1. The molecule has 1 aromatic heterocycles. The quantitative estimate of drug-likeness (QED) is 0.0537. The lowest BCUT2D eigenvalue weighted by Crippen LogP contribution is -2.58. The summed E-state index contributed by atoms with van der Waals surface area (Å²) in [4.78, 5) is 134. The first kappa shape index (κ1) is 53.8. The van der Waals surface area contributed by atoms with Crippen LogP contribution in [0, 0.1) is 17.8 Å². The number of carbonyl (C=O) groups excluding carboxylic acids is 9. The van der Waals surface area contributed by atoms with Gasteiger partial charge in [0, 0.05) is 30.1 Å². The van der Waals surface area contributed by atoms with E-state index >= 15 is 0 Å². The molecule has 9 amide bonds. The van der Waals surface area contributed by atoms with Gasteiger partial charge >= 0.3 is 5.97 Å². The van der Waals surface area contributed by atoms with Crippen molar-refractivity contribution in [1.29, 1.82) is 0 Å². The third-order valence-electron chi connectivity index (χ3n) is 10.9. The number of nitrogens with two attached hydrogens (primary N) is 2. The summed E-state index contributed by atoms with van der Waals surface area (Å²) >= 11 is 0. The van der Waals surface area contributed by atoms with E-state index < -0.39 is 121 Å². The molecule has 66 heavy (non-hydrogen) atoms. The molecule has 7 atom stereocenters. The van der Waals surface area contributed by atoms with Crippen molar-refractivity contribution in [3.8, 4) is 0 Å². The largest absolute Gasteiger partial charge is 0.480 e. The van der Waals surface area contributed by atoms with Gasteiger partial charge in [-0.15, -0.1) is 0 Å². The minimum atomic E-state index is -1.49. The van der Waals surface area contributed by atoms with Crippen LogP contribution in [-0.4, -0.2) is 136 Å². The number of H-pyrrole nitrogens is 1. The van der Waals surface area contributed by atoms with Crippen LogP contribution >= 0.6 is 0 Å². The lowest BCUT2D eigenvalue weighted by atomic mass is 9.99. The van der Waals surface area contributed by atoms with Gasteiger partial charge in [0.25, 0.3) is 0 Å². The highest BCUT2D eigenvalue weighted by atomic mass is 16.4. The monoisotopic (exact) mass is 926 g/mol. The number of rotatable bonds is 25. The third-order valence-corrected chi connectivity index (χ3v) is 10.9. The highest BCUT2D eigenvalue weighted by Crippen LogP contribution is 2.21. The summed E-state index contributed by atoms with van der Waals surface area (Å²) in [5.41, 5.74) is 12.6. The second-order valence-corrected chi connectivity index (χ2v) is 17.8. The second-order valence-electron chi connectivity index (χ2n) is 17.8. The van der Waals surface area contributed by atoms with Crippen molar-refractivity contribution in [2.75, 3.05) is 19.6 Å². The summed E-state index contributed by atoms with van der Waals surface area (Å²) in [6.45, 7) is 11.0. The molecule has 22 nitrogen and oxygen atoms in total. The van der Waals surface area contributed by atoms with Crippen LogP contribution in [0.15, 0.2) is 30.5 Å². The predicted octanol–water partition coefficient (Wildman–Crippen LogP) is -1.59. The highest BCUT2D eigenvalue weighted by Gasteiger charge is 2.38. The topological polar surface area (TPSA) is 346 Å². The summed E-state index contributed by atoms with van der Waals surface area (Å²) in [6.07, 6.45) is 1.86. The molecule has 0 radical (unpaired) electrons. The lowest BCUT2D eigenvalue weighted by Gasteiger charge is -2.27. The van der Waals surface area contributed by atoms with Crippen molar-refractivity contribution < 1.29 is 53.1 Å². The zero-order valence-corrected chi connectivity index (χ0v) is 38.7. The number of aromatic amines is 1. The molecule has 1 aliphatic rings. The van der Waals surface area contributed by atoms with Gasteiger partial charge in [0.2, 0.25) is 53.2 Å². The Hall–Kier alpha value is -6.58. The van der Waals surface area contributed by atoms with Gasteiger partial charge in [-0.1, -0.05) is 59.7 Å². The summed E-state index contributed by atoms with van der Waals surface area (Å²) in [6, 6.07) is -0.879. The fourth-order valence-electron chi connectivity index (χ4n) is 7.35. The molecule has 1 aliphatic heterocycles. The predicted molar refractivity (Wildman–Crippen MR) is 241 cm³/mol. The Morgan fingerprint density at radius 1 is 0.712 bits per heavy atom. The number of nitrogens with one attached hydrogen (secondary N) is 8. The van der Waals surface area contributed by atoms with Crippen LogP contribution in [0.5, 0.6) is 0 Å². The van der Waals surface area contributed by atoms with E-state index in [2.05, 4.69) is 42.2 Å². The number of para-hydroxylation sites is 1. The molecule has 1 saturated heterocycles. The Morgan fingerprint density at radius 3 is 1.82 bits per heavy atom. The van der Waals surface area contributed by atoms with Crippen molar-refractivity contribution in [1.82, 2.24) is 47.1 Å². The maximum Gasteiger partial charge on any atom is 0.326 e. The van der Waals surface area contributed by atoms with Gasteiger partial charge in [-0.2, -0.15) is 0 Å². The molecule has 1 fully saturated rings. The molecule has 0 aliphatic carbocycles. The Bertz CT molecular complexity index is 2090. The van der Waals surface area contributed by atoms with E-state index in [-0.39, 0.29) is 50.0 Å². The summed E-state index contributed by atoms with van der Waals surface area (Å²) < 4.78 is 0. The summed E-state index contributed by atoms with van der Waals surface area (Å²) in [5.74, 6) is -8.53. The smallest absolute Gasteiger partial charge is 0.326 e. The molecule has 0 spiro atoms. The number of aromatic nitrogens is 1. The van der Waals surface area contributed by atoms with Crippen molar-refractivity contribution in [2.45, 2.75) is 129 Å². The number of aliphatic carboxylic acids is 1. The van der Waals surface area contributed by atoms with Crippen molar-refractivity contribution in [3.63, 3.8) is 0 Å². The molecule has 0 saturated carbocycles. The number of amides is 9. The fraction of sp³-hybridized carbons (Fsp3) is 0.591. The first-order chi connectivity index (χ1) is 31.0. The van der Waals surface area contributed by atoms with Gasteiger partial charge in [0.15, 0.2) is 0 Å². The van der Waals surface area contributed by atoms with E-state index in [1.807, 2.05) is 38.1 Å². The van der Waals surface area contributed by atoms with E-state index in [1.165, 1.54) is 6.92 Å². The first-order valence-corrected chi connectivity index (χ1v) is 22.2. The highest BCUT2D eigenvalue weighted by molar-refractivity contribution is 5.98. The molecule has 1 aromatic carbocycles. The number of nitrogens with zero attached hydrogens (tertiary/aromatic N) is 1.